The van der Waals surface area contributed by atoms with Crippen LogP contribution in [-0.2, 0) is 6.54 Å². The molecule has 4 nitrogen and oxygen atoms in total. The predicted octanol–water partition coefficient (Wildman–Crippen LogP) is 0.867. The Labute approximate surface area is 112 Å². The number of aliphatic hydroxyl groups is 2. The molecule has 0 bridgehead atoms. The van der Waals surface area contributed by atoms with Gasteiger partial charge in [-0.2, -0.15) is 0 Å². The Morgan fingerprint density at radius 3 is 2.63 bits per heavy atom. The fourth-order valence-corrected chi connectivity index (χ4v) is 2.41. The van der Waals surface area contributed by atoms with Crippen LogP contribution in [0.15, 0.2) is 18.2 Å². The molecule has 0 aromatic heterocycles. The SMILES string of the molecule is CCCNCc1cccc(F)c1N1CC(O)C(O)C1. The Balaban J connectivity index is 2.18. The second-order valence-electron chi connectivity index (χ2n) is 4.96. The number of aliphatic hydroxyl groups excluding tert-OH is 2. The average molecular weight is 268 g/mol. The van der Waals surface area contributed by atoms with Crippen LogP contribution in [0.2, 0.25) is 0 Å². The number of nitrogens with one attached hydrogen (secondary N) is 1. The van der Waals surface area contributed by atoms with Crippen molar-refractivity contribution in [2.45, 2.75) is 32.1 Å². The highest BCUT2D eigenvalue weighted by Gasteiger charge is 2.31. The van der Waals surface area contributed by atoms with E-state index in [1.807, 2.05) is 6.07 Å². The summed E-state index contributed by atoms with van der Waals surface area (Å²) in [7, 11) is 0. The summed E-state index contributed by atoms with van der Waals surface area (Å²) in [4.78, 5) is 1.72. The van der Waals surface area contributed by atoms with Gasteiger partial charge in [-0.1, -0.05) is 19.1 Å². The molecular formula is C14H21FN2O2. The van der Waals surface area contributed by atoms with Crippen molar-refractivity contribution in [3.63, 3.8) is 0 Å². The second-order valence-corrected chi connectivity index (χ2v) is 4.96. The number of nitrogens with zero attached hydrogens (tertiary/aromatic N) is 1. The van der Waals surface area contributed by atoms with E-state index in [1.54, 1.807) is 11.0 Å². The van der Waals surface area contributed by atoms with Crippen LogP contribution in [0.4, 0.5) is 10.1 Å². The molecule has 2 unspecified atom stereocenters. The molecular weight excluding hydrogens is 247 g/mol. The molecule has 1 saturated heterocycles. The lowest BCUT2D eigenvalue weighted by Crippen LogP contribution is -2.25. The van der Waals surface area contributed by atoms with Crippen LogP contribution in [0.3, 0.4) is 0 Å². The van der Waals surface area contributed by atoms with Crippen LogP contribution in [-0.4, -0.2) is 42.1 Å². The predicted molar refractivity (Wildman–Crippen MR) is 72.6 cm³/mol. The molecule has 0 spiro atoms. The standard InChI is InChI=1S/C14H21FN2O2/c1-2-6-16-7-10-4-3-5-11(15)14(10)17-8-12(18)13(19)9-17/h3-5,12-13,16,18-19H,2,6-9H2,1H3. The molecule has 5 heteroatoms. The molecule has 1 aliphatic rings. The molecule has 1 heterocycles. The minimum absolute atomic E-state index is 0.267. The first kappa shape index (κ1) is 14.2. The molecule has 0 saturated carbocycles. The molecule has 1 aliphatic heterocycles. The number of anilines is 1. The lowest BCUT2D eigenvalue weighted by molar-refractivity contribution is 0.0572. The Morgan fingerprint density at radius 2 is 2.00 bits per heavy atom. The molecule has 3 N–H and O–H groups in total. The van der Waals surface area contributed by atoms with E-state index in [-0.39, 0.29) is 18.9 Å². The molecule has 0 aliphatic carbocycles. The van der Waals surface area contributed by atoms with E-state index in [9.17, 15) is 14.6 Å². The second kappa shape index (κ2) is 6.32. The Bertz CT molecular complexity index is 418. The van der Waals surface area contributed by atoms with Gasteiger partial charge in [-0.25, -0.2) is 4.39 Å². The van der Waals surface area contributed by atoms with Crippen LogP contribution in [0.25, 0.3) is 0 Å². The van der Waals surface area contributed by atoms with Crippen LogP contribution in [0, 0.1) is 5.82 Å². The minimum Gasteiger partial charge on any atom is -0.389 e. The van der Waals surface area contributed by atoms with E-state index in [4.69, 9.17) is 0 Å². The van der Waals surface area contributed by atoms with Crippen LogP contribution in [0.1, 0.15) is 18.9 Å². The molecule has 1 fully saturated rings. The third kappa shape index (κ3) is 3.23. The van der Waals surface area contributed by atoms with Crippen molar-refractivity contribution < 1.29 is 14.6 Å². The zero-order valence-electron chi connectivity index (χ0n) is 11.1. The third-order valence-electron chi connectivity index (χ3n) is 3.39. The minimum atomic E-state index is -0.809. The largest absolute Gasteiger partial charge is 0.389 e. The van der Waals surface area contributed by atoms with Crippen LogP contribution < -0.4 is 10.2 Å². The number of rotatable bonds is 5. The molecule has 106 valence electrons. The molecule has 0 amide bonds. The van der Waals surface area contributed by atoms with Crippen LogP contribution >= 0.6 is 0 Å². The van der Waals surface area contributed by atoms with Crippen molar-refractivity contribution in [2.24, 2.45) is 0 Å². The van der Waals surface area contributed by atoms with E-state index < -0.39 is 12.2 Å². The fourth-order valence-electron chi connectivity index (χ4n) is 2.41. The Hall–Kier alpha value is -1.17. The summed E-state index contributed by atoms with van der Waals surface area (Å²) in [5.41, 5.74) is 1.34. The highest BCUT2D eigenvalue weighted by molar-refractivity contribution is 5.56. The molecule has 19 heavy (non-hydrogen) atoms. The van der Waals surface area contributed by atoms with Gasteiger partial charge in [0, 0.05) is 19.6 Å². The van der Waals surface area contributed by atoms with Gasteiger partial charge in [0.2, 0.25) is 0 Å². The first-order chi connectivity index (χ1) is 9.13. The van der Waals surface area contributed by atoms with Gasteiger partial charge in [0.15, 0.2) is 0 Å². The molecule has 1 aromatic rings. The smallest absolute Gasteiger partial charge is 0.146 e. The summed E-state index contributed by atoms with van der Waals surface area (Å²) in [5.74, 6) is -0.308. The van der Waals surface area contributed by atoms with Crippen molar-refractivity contribution in [2.75, 3.05) is 24.5 Å². The summed E-state index contributed by atoms with van der Waals surface area (Å²) < 4.78 is 14.0. The Morgan fingerprint density at radius 1 is 1.32 bits per heavy atom. The van der Waals surface area contributed by atoms with E-state index in [0.717, 1.165) is 18.5 Å². The highest BCUT2D eigenvalue weighted by atomic mass is 19.1. The maximum Gasteiger partial charge on any atom is 0.146 e. The summed E-state index contributed by atoms with van der Waals surface area (Å²) in [6.45, 7) is 4.07. The van der Waals surface area contributed by atoms with Gasteiger partial charge < -0.3 is 20.4 Å². The van der Waals surface area contributed by atoms with E-state index in [0.29, 0.717) is 12.2 Å². The van der Waals surface area contributed by atoms with Crippen molar-refractivity contribution in [1.82, 2.24) is 5.32 Å². The summed E-state index contributed by atoms with van der Waals surface area (Å²) in [5, 5.41) is 22.4. The van der Waals surface area contributed by atoms with E-state index in [1.165, 1.54) is 6.07 Å². The number of hydrogen-bond acceptors (Lipinski definition) is 4. The zero-order valence-corrected chi connectivity index (χ0v) is 11.1. The topological polar surface area (TPSA) is 55.7 Å². The average Bonchev–Trinajstić information content (AvgIpc) is 2.69. The maximum atomic E-state index is 14.0. The summed E-state index contributed by atoms with van der Waals surface area (Å²) >= 11 is 0. The molecule has 2 rings (SSSR count). The highest BCUT2D eigenvalue weighted by Crippen LogP contribution is 2.28. The van der Waals surface area contributed by atoms with Gasteiger partial charge in [-0.05, 0) is 24.6 Å². The van der Waals surface area contributed by atoms with E-state index in [2.05, 4.69) is 12.2 Å². The lowest BCUT2D eigenvalue weighted by Gasteiger charge is -2.22. The van der Waals surface area contributed by atoms with Gasteiger partial charge in [-0.15, -0.1) is 0 Å². The number of benzene rings is 1. The normalized spacial score (nSPS) is 23.1. The first-order valence-electron chi connectivity index (χ1n) is 6.72. The zero-order chi connectivity index (χ0) is 13.8. The van der Waals surface area contributed by atoms with Gasteiger partial charge in [0.1, 0.15) is 5.82 Å². The van der Waals surface area contributed by atoms with Gasteiger partial charge in [-0.3, -0.25) is 0 Å². The maximum absolute atomic E-state index is 14.0. The summed E-state index contributed by atoms with van der Waals surface area (Å²) in [6.07, 6.45) is -0.599. The lowest BCUT2D eigenvalue weighted by atomic mass is 10.1. The molecule has 0 radical (unpaired) electrons. The number of para-hydroxylation sites is 1. The quantitative estimate of drug-likeness (QED) is 0.694. The summed E-state index contributed by atoms with van der Waals surface area (Å²) in [6, 6.07) is 4.97. The van der Waals surface area contributed by atoms with Gasteiger partial charge in [0.05, 0.1) is 17.9 Å². The van der Waals surface area contributed by atoms with Crippen LogP contribution in [0.5, 0.6) is 0 Å². The van der Waals surface area contributed by atoms with Crippen molar-refractivity contribution in [3.8, 4) is 0 Å². The van der Waals surface area contributed by atoms with Crippen molar-refractivity contribution in [3.05, 3.63) is 29.6 Å². The molecule has 1 aromatic carbocycles. The van der Waals surface area contributed by atoms with Crippen molar-refractivity contribution >= 4 is 5.69 Å². The third-order valence-corrected chi connectivity index (χ3v) is 3.39. The fraction of sp³-hybridized carbons (Fsp3) is 0.571. The monoisotopic (exact) mass is 268 g/mol. The molecule has 2 atom stereocenters. The van der Waals surface area contributed by atoms with Gasteiger partial charge >= 0.3 is 0 Å². The Kier molecular flexibility index (Phi) is 4.74. The number of hydrogen-bond donors (Lipinski definition) is 3. The van der Waals surface area contributed by atoms with Crippen molar-refractivity contribution in [1.29, 1.82) is 0 Å². The first-order valence-corrected chi connectivity index (χ1v) is 6.72. The number of β-amino-alcohol motifs (C(OH)–C–C–N with tert-alkyl or cyclic N) is 2. The van der Waals surface area contributed by atoms with E-state index >= 15 is 0 Å². The van der Waals surface area contributed by atoms with Gasteiger partial charge in [0.25, 0.3) is 0 Å². The number of halogens is 1.